The number of anilines is 2. The minimum absolute atomic E-state index is 0.0515. The summed E-state index contributed by atoms with van der Waals surface area (Å²) in [6, 6.07) is 5.54. The predicted molar refractivity (Wildman–Crippen MR) is 89.7 cm³/mol. The molecule has 0 spiro atoms. The van der Waals surface area contributed by atoms with Crippen molar-refractivity contribution in [3.8, 4) is 0 Å². The van der Waals surface area contributed by atoms with Crippen LogP contribution in [0, 0.1) is 6.92 Å². The number of nitrogen functional groups attached to an aromatic ring is 1. The predicted octanol–water partition coefficient (Wildman–Crippen LogP) is 1.92. The van der Waals surface area contributed by atoms with Crippen LogP contribution in [0.25, 0.3) is 0 Å². The van der Waals surface area contributed by atoms with Gasteiger partial charge in [0.15, 0.2) is 11.6 Å². The maximum atomic E-state index is 13.1. The van der Waals surface area contributed by atoms with Crippen LogP contribution in [-0.4, -0.2) is 35.1 Å². The minimum atomic E-state index is -0.673. The standard InChI is InChI=1S/C17H21N5O/c1-10-9-13(18)19-11-7-8-17(2,16(23)15(10)11)12-5-6-14(21-20-12)22(3)4/h5-6,9H,7-8H2,1-4H3,(H2,18,19). The number of aryl methyl sites for hydroxylation is 2. The van der Waals surface area contributed by atoms with Gasteiger partial charge in [0.1, 0.15) is 5.82 Å². The molecule has 0 fully saturated rings. The van der Waals surface area contributed by atoms with Gasteiger partial charge in [0.25, 0.3) is 0 Å². The fraction of sp³-hybridized carbons (Fsp3) is 0.412. The average Bonchev–Trinajstić information content (AvgIpc) is 2.50. The third kappa shape index (κ3) is 2.44. The van der Waals surface area contributed by atoms with Gasteiger partial charge in [-0.1, -0.05) is 0 Å². The van der Waals surface area contributed by atoms with Gasteiger partial charge in [0.2, 0.25) is 0 Å². The largest absolute Gasteiger partial charge is 0.384 e. The van der Waals surface area contributed by atoms with Crippen LogP contribution < -0.4 is 10.6 Å². The van der Waals surface area contributed by atoms with Gasteiger partial charge in [-0.15, -0.1) is 5.10 Å². The average molecular weight is 311 g/mol. The summed E-state index contributed by atoms with van der Waals surface area (Å²) in [6.07, 6.45) is 1.37. The molecule has 1 atom stereocenters. The van der Waals surface area contributed by atoms with Crippen LogP contribution in [0.5, 0.6) is 0 Å². The summed E-state index contributed by atoms with van der Waals surface area (Å²) in [5.74, 6) is 1.29. The van der Waals surface area contributed by atoms with Crippen molar-refractivity contribution < 1.29 is 4.79 Å². The SMILES string of the molecule is Cc1cc(N)nc2c1C(=O)C(C)(c1ccc(N(C)C)nn1)CC2. The lowest BCUT2D eigenvalue weighted by molar-refractivity contribution is 0.0869. The number of carbonyl (C=O) groups excluding carboxylic acids is 1. The molecule has 3 rings (SSSR count). The van der Waals surface area contributed by atoms with Gasteiger partial charge in [0, 0.05) is 19.7 Å². The molecule has 2 aromatic rings. The summed E-state index contributed by atoms with van der Waals surface area (Å²) >= 11 is 0. The molecule has 0 aliphatic heterocycles. The Hall–Kier alpha value is -2.50. The Bertz CT molecular complexity index is 769. The van der Waals surface area contributed by atoms with E-state index < -0.39 is 5.41 Å². The van der Waals surface area contributed by atoms with E-state index in [1.165, 1.54) is 0 Å². The Morgan fingerprint density at radius 2 is 2.00 bits per heavy atom. The first-order chi connectivity index (χ1) is 10.8. The number of rotatable bonds is 2. The second-order valence-corrected chi connectivity index (χ2v) is 6.52. The smallest absolute Gasteiger partial charge is 0.176 e. The maximum Gasteiger partial charge on any atom is 0.176 e. The number of Topliss-reactive ketones (excluding diaryl/α,β-unsaturated/α-hetero) is 1. The molecule has 23 heavy (non-hydrogen) atoms. The second-order valence-electron chi connectivity index (χ2n) is 6.52. The number of aromatic nitrogens is 3. The Balaban J connectivity index is 2.04. The second kappa shape index (κ2) is 5.30. The van der Waals surface area contributed by atoms with Crippen LogP contribution in [0.4, 0.5) is 11.6 Å². The zero-order valence-corrected chi connectivity index (χ0v) is 13.9. The van der Waals surface area contributed by atoms with Crippen molar-refractivity contribution in [3.63, 3.8) is 0 Å². The zero-order valence-electron chi connectivity index (χ0n) is 13.9. The number of fused-ring (bicyclic) bond motifs is 1. The van der Waals surface area contributed by atoms with Gasteiger partial charge in [-0.05, 0) is 50.5 Å². The number of nitrogens with two attached hydrogens (primary N) is 1. The van der Waals surface area contributed by atoms with E-state index in [-0.39, 0.29) is 5.78 Å². The first-order valence-electron chi connectivity index (χ1n) is 7.65. The molecule has 0 radical (unpaired) electrons. The summed E-state index contributed by atoms with van der Waals surface area (Å²) in [4.78, 5) is 19.3. The van der Waals surface area contributed by atoms with Crippen LogP contribution in [0.2, 0.25) is 0 Å². The van der Waals surface area contributed by atoms with Gasteiger partial charge >= 0.3 is 0 Å². The molecule has 120 valence electrons. The van der Waals surface area contributed by atoms with E-state index in [0.29, 0.717) is 29.9 Å². The summed E-state index contributed by atoms with van der Waals surface area (Å²) in [7, 11) is 3.82. The number of pyridine rings is 1. The lowest BCUT2D eigenvalue weighted by Gasteiger charge is -2.33. The number of hydrogen-bond donors (Lipinski definition) is 1. The van der Waals surface area contributed by atoms with Gasteiger partial charge in [-0.25, -0.2) is 4.98 Å². The molecular formula is C17H21N5O. The monoisotopic (exact) mass is 311 g/mol. The fourth-order valence-electron chi connectivity index (χ4n) is 3.12. The van der Waals surface area contributed by atoms with Gasteiger partial charge in [-0.3, -0.25) is 4.79 Å². The van der Waals surface area contributed by atoms with Crippen LogP contribution >= 0.6 is 0 Å². The van der Waals surface area contributed by atoms with Gasteiger partial charge in [-0.2, -0.15) is 5.10 Å². The van der Waals surface area contributed by atoms with Crippen molar-refractivity contribution in [2.75, 3.05) is 24.7 Å². The molecule has 2 N–H and O–H groups in total. The Morgan fingerprint density at radius 1 is 1.26 bits per heavy atom. The van der Waals surface area contributed by atoms with Crippen molar-refractivity contribution in [2.45, 2.75) is 32.1 Å². The van der Waals surface area contributed by atoms with Crippen molar-refractivity contribution in [1.82, 2.24) is 15.2 Å². The Labute approximate surface area is 135 Å². The highest BCUT2D eigenvalue weighted by atomic mass is 16.1. The van der Waals surface area contributed by atoms with E-state index in [1.54, 1.807) is 6.07 Å². The maximum absolute atomic E-state index is 13.1. The fourth-order valence-corrected chi connectivity index (χ4v) is 3.12. The first kappa shape index (κ1) is 15.4. The quantitative estimate of drug-likeness (QED) is 0.912. The van der Waals surface area contributed by atoms with E-state index in [2.05, 4.69) is 15.2 Å². The molecule has 2 heterocycles. The summed E-state index contributed by atoms with van der Waals surface area (Å²) in [6.45, 7) is 3.84. The molecule has 0 aromatic carbocycles. The van der Waals surface area contributed by atoms with Crippen molar-refractivity contribution >= 4 is 17.4 Å². The molecule has 0 saturated heterocycles. The molecule has 0 bridgehead atoms. The van der Waals surface area contributed by atoms with Gasteiger partial charge < -0.3 is 10.6 Å². The molecule has 6 heteroatoms. The van der Waals surface area contributed by atoms with Crippen molar-refractivity contribution in [1.29, 1.82) is 0 Å². The van der Waals surface area contributed by atoms with E-state index >= 15 is 0 Å². The van der Waals surface area contributed by atoms with Crippen LogP contribution in [0.15, 0.2) is 18.2 Å². The zero-order chi connectivity index (χ0) is 16.8. The molecule has 1 aliphatic rings. The van der Waals surface area contributed by atoms with E-state index in [1.807, 2.05) is 45.0 Å². The van der Waals surface area contributed by atoms with E-state index in [9.17, 15) is 4.79 Å². The van der Waals surface area contributed by atoms with Crippen LogP contribution in [0.3, 0.4) is 0 Å². The topological polar surface area (TPSA) is 85.0 Å². The van der Waals surface area contributed by atoms with E-state index in [4.69, 9.17) is 5.73 Å². The molecule has 1 aliphatic carbocycles. The third-order valence-corrected chi connectivity index (χ3v) is 4.58. The number of ketones is 1. The van der Waals surface area contributed by atoms with Gasteiger partial charge in [0.05, 0.1) is 16.8 Å². The molecule has 6 nitrogen and oxygen atoms in total. The third-order valence-electron chi connectivity index (χ3n) is 4.58. The lowest BCUT2D eigenvalue weighted by atomic mass is 9.70. The van der Waals surface area contributed by atoms with E-state index in [0.717, 1.165) is 17.1 Å². The minimum Gasteiger partial charge on any atom is -0.384 e. The van der Waals surface area contributed by atoms with Crippen molar-refractivity contribution in [2.24, 2.45) is 0 Å². The number of hydrogen-bond acceptors (Lipinski definition) is 6. The molecule has 0 saturated carbocycles. The van der Waals surface area contributed by atoms with Crippen LogP contribution in [0.1, 0.15) is 40.7 Å². The number of nitrogens with zero attached hydrogens (tertiary/aromatic N) is 4. The molecule has 0 amide bonds. The summed E-state index contributed by atoms with van der Waals surface area (Å²) in [5.41, 5.74) is 8.19. The number of carbonyl (C=O) groups is 1. The summed E-state index contributed by atoms with van der Waals surface area (Å²) in [5, 5.41) is 8.52. The highest BCUT2D eigenvalue weighted by molar-refractivity contribution is 6.06. The van der Waals surface area contributed by atoms with Crippen molar-refractivity contribution in [3.05, 3.63) is 40.7 Å². The molecular weight excluding hydrogens is 290 g/mol. The molecule has 1 unspecified atom stereocenters. The first-order valence-corrected chi connectivity index (χ1v) is 7.65. The lowest BCUT2D eigenvalue weighted by Crippen LogP contribution is -2.39. The molecule has 2 aromatic heterocycles. The summed E-state index contributed by atoms with van der Waals surface area (Å²) < 4.78 is 0. The van der Waals surface area contributed by atoms with Crippen LogP contribution in [-0.2, 0) is 11.8 Å². The highest BCUT2D eigenvalue weighted by Gasteiger charge is 2.42. The Morgan fingerprint density at radius 3 is 2.61 bits per heavy atom. The highest BCUT2D eigenvalue weighted by Crippen LogP contribution is 2.38. The normalized spacial score (nSPS) is 20.3. The Kier molecular flexibility index (Phi) is 3.55.